The van der Waals surface area contributed by atoms with Gasteiger partial charge in [0.2, 0.25) is 0 Å². The summed E-state index contributed by atoms with van der Waals surface area (Å²) in [6.07, 6.45) is 0. The molecule has 0 spiro atoms. The predicted molar refractivity (Wildman–Crippen MR) is 103 cm³/mol. The maximum atomic E-state index is 9.59. The molecular weight excluding hydrogens is 342 g/mol. The summed E-state index contributed by atoms with van der Waals surface area (Å²) in [5, 5.41) is 23.5. The SMILES string of the molecule is COc1ccccc1-c1c(-c2ccc(O)cc2)noc1-c1ccc(O)cc1. The minimum atomic E-state index is 0.177. The Balaban J connectivity index is 1.98. The van der Waals surface area contributed by atoms with E-state index in [1.807, 2.05) is 24.3 Å². The summed E-state index contributed by atoms with van der Waals surface area (Å²) in [7, 11) is 1.62. The second-order valence-corrected chi connectivity index (χ2v) is 6.03. The highest BCUT2D eigenvalue weighted by molar-refractivity contribution is 5.92. The third-order valence-corrected chi connectivity index (χ3v) is 4.34. The molecule has 0 saturated heterocycles. The van der Waals surface area contributed by atoms with E-state index in [-0.39, 0.29) is 11.5 Å². The van der Waals surface area contributed by atoms with Crippen molar-refractivity contribution in [2.75, 3.05) is 7.11 Å². The molecule has 0 amide bonds. The fraction of sp³-hybridized carbons (Fsp3) is 0.0455. The summed E-state index contributed by atoms with van der Waals surface area (Å²) in [5.74, 6) is 1.62. The second kappa shape index (κ2) is 6.88. The standard InChI is InChI=1S/C22H17NO4/c1-26-19-5-3-2-4-18(19)20-21(14-6-10-16(24)11-7-14)23-27-22(20)15-8-12-17(25)13-9-15/h2-13,24-25H,1H3. The molecule has 2 N–H and O–H groups in total. The van der Waals surface area contributed by atoms with Gasteiger partial charge in [-0.25, -0.2) is 0 Å². The molecule has 3 aromatic carbocycles. The van der Waals surface area contributed by atoms with Gasteiger partial charge in [-0.1, -0.05) is 23.4 Å². The van der Waals surface area contributed by atoms with Crippen LogP contribution in [0.25, 0.3) is 33.7 Å². The van der Waals surface area contributed by atoms with E-state index in [0.29, 0.717) is 17.2 Å². The van der Waals surface area contributed by atoms with Crippen LogP contribution in [0.15, 0.2) is 77.3 Å². The number of rotatable bonds is 4. The number of phenolic OH excluding ortho intramolecular Hbond substituents is 2. The second-order valence-electron chi connectivity index (χ2n) is 6.03. The topological polar surface area (TPSA) is 75.7 Å². The van der Waals surface area contributed by atoms with Gasteiger partial charge in [0.1, 0.15) is 22.9 Å². The largest absolute Gasteiger partial charge is 0.508 e. The average molecular weight is 359 g/mol. The van der Waals surface area contributed by atoms with Gasteiger partial charge in [0.05, 0.1) is 12.7 Å². The lowest BCUT2D eigenvalue weighted by Gasteiger charge is -2.10. The first-order chi connectivity index (χ1) is 13.2. The smallest absolute Gasteiger partial charge is 0.175 e. The van der Waals surface area contributed by atoms with E-state index in [0.717, 1.165) is 22.3 Å². The van der Waals surface area contributed by atoms with Gasteiger partial charge in [-0.2, -0.15) is 0 Å². The van der Waals surface area contributed by atoms with Gasteiger partial charge in [-0.05, 0) is 54.6 Å². The lowest BCUT2D eigenvalue weighted by atomic mass is 9.95. The van der Waals surface area contributed by atoms with E-state index in [1.54, 1.807) is 55.6 Å². The third kappa shape index (κ3) is 3.11. The fourth-order valence-electron chi connectivity index (χ4n) is 3.02. The van der Waals surface area contributed by atoms with E-state index < -0.39 is 0 Å². The number of phenols is 2. The van der Waals surface area contributed by atoms with Crippen LogP contribution in [0.3, 0.4) is 0 Å². The Kier molecular flexibility index (Phi) is 4.26. The van der Waals surface area contributed by atoms with Gasteiger partial charge in [-0.15, -0.1) is 0 Å². The van der Waals surface area contributed by atoms with E-state index in [9.17, 15) is 10.2 Å². The number of aromatic hydroxyl groups is 2. The van der Waals surface area contributed by atoms with Crippen LogP contribution in [-0.2, 0) is 0 Å². The first kappa shape index (κ1) is 16.7. The predicted octanol–water partition coefficient (Wildman–Crippen LogP) is 5.10. The molecule has 0 saturated carbocycles. The van der Waals surface area contributed by atoms with Gasteiger partial charge in [-0.3, -0.25) is 0 Å². The third-order valence-electron chi connectivity index (χ3n) is 4.34. The molecule has 134 valence electrons. The van der Waals surface area contributed by atoms with Crippen LogP contribution in [0.1, 0.15) is 0 Å². The first-order valence-corrected chi connectivity index (χ1v) is 8.39. The van der Waals surface area contributed by atoms with E-state index in [4.69, 9.17) is 9.26 Å². The first-order valence-electron chi connectivity index (χ1n) is 8.39. The van der Waals surface area contributed by atoms with Crippen LogP contribution in [0.4, 0.5) is 0 Å². The molecule has 4 rings (SSSR count). The van der Waals surface area contributed by atoms with Crippen molar-refractivity contribution in [3.05, 3.63) is 72.8 Å². The number of aromatic nitrogens is 1. The van der Waals surface area contributed by atoms with Gasteiger partial charge in [0, 0.05) is 16.7 Å². The van der Waals surface area contributed by atoms with Crippen LogP contribution in [0.2, 0.25) is 0 Å². The summed E-state index contributed by atoms with van der Waals surface area (Å²) in [5.41, 5.74) is 3.85. The zero-order valence-electron chi connectivity index (χ0n) is 14.6. The molecule has 0 aliphatic heterocycles. The lowest BCUT2D eigenvalue weighted by Crippen LogP contribution is -1.90. The minimum absolute atomic E-state index is 0.177. The Bertz CT molecular complexity index is 1000. The summed E-state index contributed by atoms with van der Waals surface area (Å²) >= 11 is 0. The van der Waals surface area contributed by atoms with Gasteiger partial charge in [0.25, 0.3) is 0 Å². The Morgan fingerprint density at radius 1 is 0.778 bits per heavy atom. The number of hydrogen-bond donors (Lipinski definition) is 2. The molecule has 0 radical (unpaired) electrons. The average Bonchev–Trinajstić information content (AvgIpc) is 3.14. The van der Waals surface area contributed by atoms with Crippen molar-refractivity contribution in [1.82, 2.24) is 5.16 Å². The number of nitrogens with zero attached hydrogens (tertiary/aromatic N) is 1. The Morgan fingerprint density at radius 2 is 1.37 bits per heavy atom. The van der Waals surface area contributed by atoms with Crippen LogP contribution in [0, 0.1) is 0 Å². The number of benzene rings is 3. The monoisotopic (exact) mass is 359 g/mol. The molecule has 0 fully saturated rings. The maximum absolute atomic E-state index is 9.59. The van der Waals surface area contributed by atoms with Crippen molar-refractivity contribution >= 4 is 0 Å². The molecule has 0 aliphatic rings. The summed E-state index contributed by atoms with van der Waals surface area (Å²) in [4.78, 5) is 0. The van der Waals surface area contributed by atoms with Gasteiger partial charge < -0.3 is 19.5 Å². The highest BCUT2D eigenvalue weighted by atomic mass is 16.5. The summed E-state index contributed by atoms with van der Waals surface area (Å²) in [6.45, 7) is 0. The highest BCUT2D eigenvalue weighted by Gasteiger charge is 2.23. The summed E-state index contributed by atoms with van der Waals surface area (Å²) < 4.78 is 11.3. The molecule has 5 nitrogen and oxygen atoms in total. The molecule has 0 bridgehead atoms. The summed E-state index contributed by atoms with van der Waals surface area (Å²) in [6, 6.07) is 21.2. The van der Waals surface area contributed by atoms with E-state index in [1.165, 1.54) is 0 Å². The number of hydrogen-bond acceptors (Lipinski definition) is 5. The Morgan fingerprint density at radius 3 is 2.00 bits per heavy atom. The quantitative estimate of drug-likeness (QED) is 0.530. The zero-order valence-corrected chi connectivity index (χ0v) is 14.6. The van der Waals surface area contributed by atoms with Gasteiger partial charge >= 0.3 is 0 Å². The normalized spacial score (nSPS) is 10.7. The van der Waals surface area contributed by atoms with Crippen molar-refractivity contribution in [3.63, 3.8) is 0 Å². The van der Waals surface area contributed by atoms with Gasteiger partial charge in [0.15, 0.2) is 5.76 Å². The van der Waals surface area contributed by atoms with Crippen molar-refractivity contribution in [3.8, 4) is 51.0 Å². The highest BCUT2D eigenvalue weighted by Crippen LogP contribution is 2.43. The molecule has 1 heterocycles. The molecule has 0 atom stereocenters. The minimum Gasteiger partial charge on any atom is -0.508 e. The van der Waals surface area contributed by atoms with Crippen LogP contribution in [-0.4, -0.2) is 22.5 Å². The van der Waals surface area contributed by atoms with Crippen LogP contribution in [0.5, 0.6) is 17.2 Å². The molecule has 1 aromatic heterocycles. The van der Waals surface area contributed by atoms with Crippen LogP contribution < -0.4 is 4.74 Å². The molecule has 27 heavy (non-hydrogen) atoms. The van der Waals surface area contributed by atoms with Crippen molar-refractivity contribution in [2.45, 2.75) is 0 Å². The maximum Gasteiger partial charge on any atom is 0.175 e. The van der Waals surface area contributed by atoms with Crippen molar-refractivity contribution in [1.29, 1.82) is 0 Å². The number of para-hydroxylation sites is 1. The van der Waals surface area contributed by atoms with E-state index in [2.05, 4.69) is 5.16 Å². The molecule has 5 heteroatoms. The Hall–Kier alpha value is -3.73. The molecule has 0 unspecified atom stereocenters. The van der Waals surface area contributed by atoms with E-state index >= 15 is 0 Å². The zero-order chi connectivity index (χ0) is 18.8. The van der Waals surface area contributed by atoms with Crippen molar-refractivity contribution in [2.24, 2.45) is 0 Å². The molecule has 4 aromatic rings. The molecular formula is C22H17NO4. The van der Waals surface area contributed by atoms with Crippen molar-refractivity contribution < 1.29 is 19.5 Å². The lowest BCUT2D eigenvalue weighted by molar-refractivity contribution is 0.416. The number of methoxy groups -OCH3 is 1. The number of ether oxygens (including phenoxy) is 1. The molecule has 0 aliphatic carbocycles. The Labute approximate surface area is 156 Å². The fourth-order valence-corrected chi connectivity index (χ4v) is 3.02. The van der Waals surface area contributed by atoms with Crippen LogP contribution >= 0.6 is 0 Å².